The fraction of sp³-hybridized carbons (Fsp3) is 1.00. The molecule has 0 amide bonds. The zero-order valence-electron chi connectivity index (χ0n) is 9.45. The van der Waals surface area contributed by atoms with Gasteiger partial charge in [-0.1, -0.05) is 39.0 Å². The maximum absolute atomic E-state index is 10.8. The summed E-state index contributed by atoms with van der Waals surface area (Å²) in [5.74, 6) is 0. The summed E-state index contributed by atoms with van der Waals surface area (Å²) in [4.78, 5) is 0. The van der Waals surface area contributed by atoms with Crippen molar-refractivity contribution >= 4 is 10.1 Å². The summed E-state index contributed by atoms with van der Waals surface area (Å²) in [7, 11) is -3.27. The summed E-state index contributed by atoms with van der Waals surface area (Å²) in [6.45, 7) is 3.98. The first kappa shape index (κ1) is 13.9. The van der Waals surface area contributed by atoms with Crippen molar-refractivity contribution in [2.75, 3.05) is 6.26 Å². The van der Waals surface area contributed by atoms with Gasteiger partial charge in [0.2, 0.25) is 0 Å². The first-order valence-corrected chi connectivity index (χ1v) is 7.15. The van der Waals surface area contributed by atoms with Crippen LogP contribution in [-0.4, -0.2) is 20.8 Å². The lowest BCUT2D eigenvalue weighted by Gasteiger charge is -2.10. The van der Waals surface area contributed by atoms with Crippen molar-refractivity contribution in [1.29, 1.82) is 0 Å². The molecule has 1 unspecified atom stereocenters. The summed E-state index contributed by atoms with van der Waals surface area (Å²) in [6.07, 6.45) is 7.71. The molecule has 3 nitrogen and oxygen atoms in total. The van der Waals surface area contributed by atoms with Crippen molar-refractivity contribution in [3.8, 4) is 0 Å². The van der Waals surface area contributed by atoms with Gasteiger partial charge >= 0.3 is 0 Å². The van der Waals surface area contributed by atoms with E-state index >= 15 is 0 Å². The molecular formula is C10H22O3S. The van der Waals surface area contributed by atoms with E-state index in [0.29, 0.717) is 0 Å². The summed E-state index contributed by atoms with van der Waals surface area (Å²) in [6, 6.07) is 0. The molecule has 14 heavy (non-hydrogen) atoms. The highest BCUT2D eigenvalue weighted by Gasteiger charge is 2.09. The maximum atomic E-state index is 10.8. The van der Waals surface area contributed by atoms with Gasteiger partial charge < -0.3 is 0 Å². The van der Waals surface area contributed by atoms with Gasteiger partial charge in [0.15, 0.2) is 0 Å². The summed E-state index contributed by atoms with van der Waals surface area (Å²) in [5, 5.41) is 0. The fourth-order valence-corrected chi connectivity index (χ4v) is 2.07. The molecule has 86 valence electrons. The van der Waals surface area contributed by atoms with Crippen molar-refractivity contribution in [2.24, 2.45) is 0 Å². The van der Waals surface area contributed by atoms with Crippen molar-refractivity contribution in [3.05, 3.63) is 0 Å². The van der Waals surface area contributed by atoms with Crippen molar-refractivity contribution in [1.82, 2.24) is 0 Å². The van der Waals surface area contributed by atoms with Gasteiger partial charge in [-0.25, -0.2) is 0 Å². The van der Waals surface area contributed by atoms with E-state index in [-0.39, 0.29) is 6.10 Å². The van der Waals surface area contributed by atoms with E-state index in [4.69, 9.17) is 4.18 Å². The summed E-state index contributed by atoms with van der Waals surface area (Å²) >= 11 is 0. The average molecular weight is 222 g/mol. The maximum Gasteiger partial charge on any atom is 0.264 e. The van der Waals surface area contributed by atoms with Crippen LogP contribution in [0, 0.1) is 0 Å². The molecule has 0 heterocycles. The molecule has 0 radical (unpaired) electrons. The van der Waals surface area contributed by atoms with Crippen LogP contribution in [0.2, 0.25) is 0 Å². The van der Waals surface area contributed by atoms with E-state index in [0.717, 1.165) is 19.1 Å². The number of hydrogen-bond donors (Lipinski definition) is 0. The lowest BCUT2D eigenvalue weighted by molar-refractivity contribution is 0.216. The Bertz CT molecular complexity index is 222. The Morgan fingerprint density at radius 2 is 1.71 bits per heavy atom. The van der Waals surface area contributed by atoms with Crippen LogP contribution in [0.3, 0.4) is 0 Å². The summed E-state index contributed by atoms with van der Waals surface area (Å²) in [5.41, 5.74) is 0. The van der Waals surface area contributed by atoms with E-state index < -0.39 is 10.1 Å². The van der Waals surface area contributed by atoms with Crippen LogP contribution in [-0.2, 0) is 14.3 Å². The molecule has 0 aromatic carbocycles. The molecule has 0 spiro atoms. The Kier molecular flexibility index (Phi) is 7.19. The van der Waals surface area contributed by atoms with Crippen LogP contribution in [0.4, 0.5) is 0 Å². The number of hydrogen-bond acceptors (Lipinski definition) is 3. The lowest BCUT2D eigenvalue weighted by Crippen LogP contribution is -2.13. The van der Waals surface area contributed by atoms with E-state index in [2.05, 4.69) is 6.92 Å². The minimum absolute atomic E-state index is 0.174. The Labute approximate surface area is 88.0 Å². The second-order valence-corrected chi connectivity index (χ2v) is 5.41. The van der Waals surface area contributed by atoms with Crippen molar-refractivity contribution in [3.63, 3.8) is 0 Å². The van der Waals surface area contributed by atoms with Gasteiger partial charge in [-0.3, -0.25) is 4.18 Å². The molecule has 0 bridgehead atoms. The molecule has 0 aliphatic heterocycles. The second-order valence-electron chi connectivity index (χ2n) is 3.81. The zero-order chi connectivity index (χ0) is 11.0. The quantitative estimate of drug-likeness (QED) is 0.468. The largest absolute Gasteiger partial charge is 0.267 e. The second kappa shape index (κ2) is 7.23. The number of unbranched alkanes of at least 4 members (excludes halogenated alkanes) is 4. The van der Waals surface area contributed by atoms with Crippen LogP contribution >= 0.6 is 0 Å². The van der Waals surface area contributed by atoms with E-state index in [1.807, 2.05) is 0 Å². The monoisotopic (exact) mass is 222 g/mol. The van der Waals surface area contributed by atoms with E-state index in [1.165, 1.54) is 25.7 Å². The number of rotatable bonds is 8. The van der Waals surface area contributed by atoms with Gasteiger partial charge in [0.25, 0.3) is 10.1 Å². The molecule has 0 fully saturated rings. The van der Waals surface area contributed by atoms with Crippen LogP contribution in [0.15, 0.2) is 0 Å². The van der Waals surface area contributed by atoms with Gasteiger partial charge in [0.1, 0.15) is 0 Å². The van der Waals surface area contributed by atoms with Crippen molar-refractivity contribution < 1.29 is 12.6 Å². The van der Waals surface area contributed by atoms with Crippen LogP contribution in [0.5, 0.6) is 0 Å². The van der Waals surface area contributed by atoms with Crippen LogP contribution in [0.1, 0.15) is 52.4 Å². The van der Waals surface area contributed by atoms with Gasteiger partial charge in [-0.2, -0.15) is 8.42 Å². The fourth-order valence-electron chi connectivity index (χ4n) is 1.38. The van der Waals surface area contributed by atoms with E-state index in [1.54, 1.807) is 6.92 Å². The molecule has 0 saturated heterocycles. The van der Waals surface area contributed by atoms with Crippen LogP contribution < -0.4 is 0 Å². The third kappa shape index (κ3) is 9.99. The van der Waals surface area contributed by atoms with Gasteiger partial charge in [0.05, 0.1) is 12.4 Å². The third-order valence-electron chi connectivity index (χ3n) is 2.05. The molecular weight excluding hydrogens is 200 g/mol. The van der Waals surface area contributed by atoms with Gasteiger partial charge in [0, 0.05) is 0 Å². The molecule has 0 N–H and O–H groups in total. The Hall–Kier alpha value is -0.0900. The molecule has 4 heteroatoms. The first-order chi connectivity index (χ1) is 6.45. The van der Waals surface area contributed by atoms with Gasteiger partial charge in [-0.05, 0) is 13.3 Å². The predicted octanol–water partition coefficient (Wildman–Crippen LogP) is 2.71. The molecule has 0 saturated carbocycles. The van der Waals surface area contributed by atoms with E-state index in [9.17, 15) is 8.42 Å². The van der Waals surface area contributed by atoms with Crippen molar-refractivity contribution in [2.45, 2.75) is 58.5 Å². The topological polar surface area (TPSA) is 43.4 Å². The smallest absolute Gasteiger partial charge is 0.264 e. The third-order valence-corrected chi connectivity index (χ3v) is 2.73. The highest BCUT2D eigenvalue weighted by molar-refractivity contribution is 7.86. The highest BCUT2D eigenvalue weighted by atomic mass is 32.2. The Morgan fingerprint density at radius 3 is 2.21 bits per heavy atom. The zero-order valence-corrected chi connectivity index (χ0v) is 10.3. The molecule has 0 aromatic heterocycles. The van der Waals surface area contributed by atoms with Gasteiger partial charge in [-0.15, -0.1) is 0 Å². The Morgan fingerprint density at radius 1 is 1.14 bits per heavy atom. The SMILES string of the molecule is CCCCCCCC(C)OS(C)(=O)=O. The predicted molar refractivity (Wildman–Crippen MR) is 58.8 cm³/mol. The normalized spacial score (nSPS) is 14.2. The molecule has 0 aliphatic rings. The molecule has 0 aromatic rings. The lowest BCUT2D eigenvalue weighted by atomic mass is 10.1. The molecule has 0 aliphatic carbocycles. The first-order valence-electron chi connectivity index (χ1n) is 5.34. The highest BCUT2D eigenvalue weighted by Crippen LogP contribution is 2.10. The standard InChI is InChI=1S/C10H22O3S/c1-4-5-6-7-8-9-10(2)13-14(3,11)12/h10H,4-9H2,1-3H3. The molecule has 1 atom stereocenters. The minimum atomic E-state index is -3.27. The van der Waals surface area contributed by atoms with Crippen LogP contribution in [0.25, 0.3) is 0 Å². The Balaban J connectivity index is 3.41. The molecule has 0 rings (SSSR count). The average Bonchev–Trinajstić information content (AvgIpc) is 2.00. The summed E-state index contributed by atoms with van der Waals surface area (Å²) < 4.78 is 26.3. The minimum Gasteiger partial charge on any atom is -0.267 e.